The van der Waals surface area contributed by atoms with Gasteiger partial charge in [0.25, 0.3) is 0 Å². The van der Waals surface area contributed by atoms with Crippen molar-refractivity contribution in [3.63, 3.8) is 0 Å². The molecule has 4 rings (SSSR count). The van der Waals surface area contributed by atoms with Gasteiger partial charge in [0, 0.05) is 37.2 Å². The third-order valence-corrected chi connectivity index (χ3v) is 5.28. The molecular weight excluding hydrogens is 381 g/mol. The first-order valence-corrected chi connectivity index (χ1v) is 9.83. The summed E-state index contributed by atoms with van der Waals surface area (Å²) in [6.07, 6.45) is 1.53. The standard InChI is InChI=1S/C23H24FN5O/c1-15-14-20(29(2)3)28-22(25-15)27-19-10-8-18(9-11-19)26-21(30)23(12-13-23)16-4-6-17(24)7-5-16/h4-11,14H,12-13H2,1-3H3,(H,26,30)(H,25,27,28). The van der Waals surface area contributed by atoms with Crippen molar-refractivity contribution in [3.8, 4) is 0 Å². The Kier molecular flexibility index (Phi) is 5.11. The van der Waals surface area contributed by atoms with Gasteiger partial charge in [-0.3, -0.25) is 4.79 Å². The van der Waals surface area contributed by atoms with Crippen molar-refractivity contribution < 1.29 is 9.18 Å². The zero-order chi connectivity index (χ0) is 21.3. The lowest BCUT2D eigenvalue weighted by molar-refractivity contribution is -0.118. The highest BCUT2D eigenvalue weighted by molar-refractivity contribution is 6.01. The fourth-order valence-electron chi connectivity index (χ4n) is 3.39. The molecule has 1 fully saturated rings. The molecule has 0 aliphatic heterocycles. The summed E-state index contributed by atoms with van der Waals surface area (Å²) in [4.78, 5) is 23.7. The van der Waals surface area contributed by atoms with E-state index in [4.69, 9.17) is 0 Å². The number of benzene rings is 2. The van der Waals surface area contributed by atoms with Gasteiger partial charge in [-0.2, -0.15) is 4.98 Å². The number of nitrogens with one attached hydrogen (secondary N) is 2. The lowest BCUT2D eigenvalue weighted by Crippen LogP contribution is -2.27. The predicted molar refractivity (Wildman–Crippen MR) is 117 cm³/mol. The molecule has 0 spiro atoms. The molecule has 7 heteroatoms. The number of nitrogens with zero attached hydrogens (tertiary/aromatic N) is 3. The number of carbonyl (C=O) groups excluding carboxylic acids is 1. The van der Waals surface area contributed by atoms with E-state index < -0.39 is 5.41 Å². The lowest BCUT2D eigenvalue weighted by atomic mass is 9.95. The maximum Gasteiger partial charge on any atom is 0.235 e. The predicted octanol–water partition coefficient (Wildman–Crippen LogP) is 4.40. The number of carbonyl (C=O) groups is 1. The molecule has 3 aromatic rings. The van der Waals surface area contributed by atoms with E-state index in [9.17, 15) is 9.18 Å². The van der Waals surface area contributed by atoms with Crippen LogP contribution >= 0.6 is 0 Å². The summed E-state index contributed by atoms with van der Waals surface area (Å²) in [5.41, 5.74) is 2.70. The monoisotopic (exact) mass is 405 g/mol. The average molecular weight is 405 g/mol. The van der Waals surface area contributed by atoms with Crippen molar-refractivity contribution in [1.29, 1.82) is 0 Å². The topological polar surface area (TPSA) is 70.2 Å². The maximum absolute atomic E-state index is 13.2. The molecule has 0 radical (unpaired) electrons. The van der Waals surface area contributed by atoms with Gasteiger partial charge in [0.05, 0.1) is 5.41 Å². The van der Waals surface area contributed by atoms with Crippen molar-refractivity contribution in [2.45, 2.75) is 25.2 Å². The van der Waals surface area contributed by atoms with Gasteiger partial charge in [-0.1, -0.05) is 12.1 Å². The number of hydrogen-bond acceptors (Lipinski definition) is 5. The Hall–Kier alpha value is -3.48. The van der Waals surface area contributed by atoms with Gasteiger partial charge in [0.2, 0.25) is 11.9 Å². The number of aryl methyl sites for hydroxylation is 1. The fraction of sp³-hybridized carbons (Fsp3) is 0.261. The molecule has 154 valence electrons. The number of rotatable bonds is 6. The maximum atomic E-state index is 13.2. The van der Waals surface area contributed by atoms with Crippen molar-refractivity contribution in [2.75, 3.05) is 29.6 Å². The van der Waals surface area contributed by atoms with Crippen LogP contribution < -0.4 is 15.5 Å². The van der Waals surface area contributed by atoms with E-state index in [0.717, 1.165) is 35.6 Å². The second kappa shape index (κ2) is 7.74. The molecule has 0 atom stereocenters. The van der Waals surface area contributed by atoms with Gasteiger partial charge in [0.15, 0.2) is 0 Å². The highest BCUT2D eigenvalue weighted by atomic mass is 19.1. The van der Waals surface area contributed by atoms with E-state index in [1.165, 1.54) is 12.1 Å². The number of aromatic nitrogens is 2. The smallest absolute Gasteiger partial charge is 0.235 e. The van der Waals surface area contributed by atoms with Crippen LogP contribution in [-0.4, -0.2) is 30.0 Å². The first kappa shape index (κ1) is 19.8. The summed E-state index contributed by atoms with van der Waals surface area (Å²) in [6, 6.07) is 15.5. The summed E-state index contributed by atoms with van der Waals surface area (Å²) in [6.45, 7) is 1.92. The Bertz CT molecular complexity index is 1060. The van der Waals surface area contributed by atoms with Crippen LogP contribution in [0.25, 0.3) is 0 Å². The van der Waals surface area contributed by atoms with Gasteiger partial charge < -0.3 is 15.5 Å². The van der Waals surface area contributed by atoms with E-state index >= 15 is 0 Å². The van der Waals surface area contributed by atoms with Crippen LogP contribution in [0.2, 0.25) is 0 Å². The van der Waals surface area contributed by atoms with Crippen LogP contribution in [0.1, 0.15) is 24.1 Å². The number of halogens is 1. The van der Waals surface area contributed by atoms with E-state index in [-0.39, 0.29) is 11.7 Å². The summed E-state index contributed by atoms with van der Waals surface area (Å²) in [5.74, 6) is 0.980. The second-order valence-corrected chi connectivity index (χ2v) is 7.83. The normalized spacial score (nSPS) is 14.1. The number of anilines is 4. The zero-order valence-electron chi connectivity index (χ0n) is 17.2. The van der Waals surface area contributed by atoms with Crippen LogP contribution in [0.15, 0.2) is 54.6 Å². The SMILES string of the molecule is Cc1cc(N(C)C)nc(Nc2ccc(NC(=O)C3(c4ccc(F)cc4)CC3)cc2)n1. The number of amides is 1. The van der Waals surface area contributed by atoms with Crippen molar-refractivity contribution in [1.82, 2.24) is 9.97 Å². The van der Waals surface area contributed by atoms with Crippen LogP contribution in [-0.2, 0) is 10.2 Å². The van der Waals surface area contributed by atoms with Crippen LogP contribution in [0.4, 0.5) is 27.5 Å². The van der Waals surface area contributed by atoms with Crippen molar-refractivity contribution in [2.24, 2.45) is 0 Å². The highest BCUT2D eigenvalue weighted by Gasteiger charge is 2.51. The molecular formula is C23H24FN5O. The molecule has 1 aromatic heterocycles. The molecule has 0 unspecified atom stereocenters. The van der Waals surface area contributed by atoms with Gasteiger partial charge in [-0.05, 0) is 61.7 Å². The van der Waals surface area contributed by atoms with Gasteiger partial charge in [-0.15, -0.1) is 0 Å². The highest BCUT2D eigenvalue weighted by Crippen LogP contribution is 2.49. The van der Waals surface area contributed by atoms with Gasteiger partial charge >= 0.3 is 0 Å². The largest absolute Gasteiger partial charge is 0.363 e. The van der Waals surface area contributed by atoms with E-state index in [1.54, 1.807) is 12.1 Å². The quantitative estimate of drug-likeness (QED) is 0.636. The minimum Gasteiger partial charge on any atom is -0.363 e. The first-order chi connectivity index (χ1) is 14.4. The van der Waals surface area contributed by atoms with Gasteiger partial charge in [0.1, 0.15) is 11.6 Å². The first-order valence-electron chi connectivity index (χ1n) is 9.83. The Balaban J connectivity index is 1.44. The molecule has 2 aromatic carbocycles. The number of hydrogen-bond donors (Lipinski definition) is 2. The zero-order valence-corrected chi connectivity index (χ0v) is 17.2. The van der Waals surface area contributed by atoms with Crippen molar-refractivity contribution in [3.05, 3.63) is 71.7 Å². The Morgan fingerprint density at radius 1 is 1.00 bits per heavy atom. The van der Waals surface area contributed by atoms with E-state index in [2.05, 4.69) is 20.6 Å². The third kappa shape index (κ3) is 4.10. The third-order valence-electron chi connectivity index (χ3n) is 5.28. The molecule has 1 aliphatic rings. The Labute approximate surface area is 175 Å². The van der Waals surface area contributed by atoms with E-state index in [1.807, 2.05) is 56.3 Å². The van der Waals surface area contributed by atoms with Gasteiger partial charge in [-0.25, -0.2) is 9.37 Å². The minimum atomic E-state index is -0.553. The molecule has 1 saturated carbocycles. The molecule has 30 heavy (non-hydrogen) atoms. The molecule has 0 saturated heterocycles. The fourth-order valence-corrected chi connectivity index (χ4v) is 3.39. The average Bonchev–Trinajstić information content (AvgIpc) is 3.51. The molecule has 1 heterocycles. The summed E-state index contributed by atoms with van der Waals surface area (Å²) in [5, 5.41) is 6.18. The van der Waals surface area contributed by atoms with Crippen molar-refractivity contribution >= 4 is 29.0 Å². The Morgan fingerprint density at radius 2 is 1.63 bits per heavy atom. The van der Waals surface area contributed by atoms with Crippen LogP contribution in [0.5, 0.6) is 0 Å². The minimum absolute atomic E-state index is 0.0625. The Morgan fingerprint density at radius 3 is 2.23 bits per heavy atom. The van der Waals surface area contributed by atoms with Crippen LogP contribution in [0.3, 0.4) is 0 Å². The molecule has 6 nitrogen and oxygen atoms in total. The lowest BCUT2D eigenvalue weighted by Gasteiger charge is -2.16. The summed E-state index contributed by atoms with van der Waals surface area (Å²) in [7, 11) is 3.86. The second-order valence-electron chi connectivity index (χ2n) is 7.83. The molecule has 1 amide bonds. The van der Waals surface area contributed by atoms with Crippen LogP contribution in [0, 0.1) is 12.7 Å². The molecule has 2 N–H and O–H groups in total. The summed E-state index contributed by atoms with van der Waals surface area (Å²) >= 11 is 0. The molecule has 0 bridgehead atoms. The van der Waals surface area contributed by atoms with E-state index in [0.29, 0.717) is 11.6 Å². The molecule has 1 aliphatic carbocycles. The summed E-state index contributed by atoms with van der Waals surface area (Å²) < 4.78 is 13.2.